The van der Waals surface area contributed by atoms with Gasteiger partial charge in [-0.3, -0.25) is 4.90 Å². The molecule has 1 heterocycles. The first kappa shape index (κ1) is 14.8. The van der Waals surface area contributed by atoms with Crippen LogP contribution in [0, 0.1) is 0 Å². The molecule has 0 bridgehead atoms. The molecule has 2 rings (SSSR count). The molecular weight excluding hydrogens is 284 g/mol. The minimum Gasteiger partial charge on any atom is -0.297 e. The van der Waals surface area contributed by atoms with Crippen molar-refractivity contribution < 1.29 is 8.42 Å². The molecule has 1 unspecified atom stereocenters. The molecule has 6 heteroatoms. The summed E-state index contributed by atoms with van der Waals surface area (Å²) in [5.41, 5.74) is 1.25. The van der Waals surface area contributed by atoms with Crippen LogP contribution in [0.15, 0.2) is 30.3 Å². The Morgan fingerprint density at radius 3 is 2.58 bits per heavy atom. The molecule has 106 valence electrons. The molecule has 0 spiro atoms. The van der Waals surface area contributed by atoms with Gasteiger partial charge in [-0.05, 0) is 25.5 Å². The van der Waals surface area contributed by atoms with Crippen LogP contribution < -0.4 is 0 Å². The summed E-state index contributed by atoms with van der Waals surface area (Å²) in [4.78, 5) is 2.28. The smallest absolute Gasteiger partial charge is 0.297 e. The summed E-state index contributed by atoms with van der Waals surface area (Å²) in [6, 6.07) is 10.1. The maximum atomic E-state index is 11.5. The third-order valence-electron chi connectivity index (χ3n) is 3.40. The van der Waals surface area contributed by atoms with Gasteiger partial charge in [0.25, 0.3) is 9.24 Å². The van der Waals surface area contributed by atoms with Crippen molar-refractivity contribution in [3.63, 3.8) is 0 Å². The molecule has 1 atom stereocenters. The van der Waals surface area contributed by atoms with E-state index in [0.717, 1.165) is 19.5 Å². The van der Waals surface area contributed by atoms with E-state index in [1.807, 2.05) is 25.1 Å². The van der Waals surface area contributed by atoms with Gasteiger partial charge >= 0.3 is 0 Å². The second kappa shape index (κ2) is 6.22. The quantitative estimate of drug-likeness (QED) is 0.803. The molecule has 1 aliphatic rings. The van der Waals surface area contributed by atoms with Crippen molar-refractivity contribution in [2.24, 2.45) is 0 Å². The van der Waals surface area contributed by atoms with E-state index >= 15 is 0 Å². The Hall–Kier alpha value is -0.620. The van der Waals surface area contributed by atoms with Gasteiger partial charge in [-0.2, -0.15) is 12.7 Å². The van der Waals surface area contributed by atoms with E-state index in [4.69, 9.17) is 10.7 Å². The van der Waals surface area contributed by atoms with Crippen molar-refractivity contribution in [2.75, 3.05) is 19.6 Å². The van der Waals surface area contributed by atoms with Gasteiger partial charge in [0.05, 0.1) is 0 Å². The fraction of sp³-hybridized carbons (Fsp3) is 0.538. The van der Waals surface area contributed by atoms with Crippen molar-refractivity contribution in [1.82, 2.24) is 9.21 Å². The van der Waals surface area contributed by atoms with Crippen molar-refractivity contribution in [3.8, 4) is 0 Å². The molecule has 0 aromatic heterocycles. The van der Waals surface area contributed by atoms with Crippen molar-refractivity contribution >= 4 is 19.9 Å². The third-order valence-corrected chi connectivity index (χ3v) is 5.03. The average molecular weight is 303 g/mol. The highest BCUT2D eigenvalue weighted by Crippen LogP contribution is 2.18. The first-order valence-corrected chi connectivity index (χ1v) is 8.71. The van der Waals surface area contributed by atoms with Crippen LogP contribution in [0.4, 0.5) is 0 Å². The predicted octanol–water partition coefficient (Wildman–Crippen LogP) is 2.07. The molecule has 19 heavy (non-hydrogen) atoms. The Kier molecular flexibility index (Phi) is 4.84. The van der Waals surface area contributed by atoms with Crippen molar-refractivity contribution in [2.45, 2.75) is 25.9 Å². The number of benzene rings is 1. The monoisotopic (exact) mass is 302 g/mol. The summed E-state index contributed by atoms with van der Waals surface area (Å²) < 4.78 is 24.4. The van der Waals surface area contributed by atoms with Gasteiger partial charge in [0.15, 0.2) is 0 Å². The number of hydrogen-bond donors (Lipinski definition) is 0. The van der Waals surface area contributed by atoms with Crippen LogP contribution >= 0.6 is 10.7 Å². The Bertz CT molecular complexity index is 507. The van der Waals surface area contributed by atoms with E-state index in [1.54, 1.807) is 0 Å². The lowest BCUT2D eigenvalue weighted by atomic mass is 10.2. The van der Waals surface area contributed by atoms with Gasteiger partial charge in [0.2, 0.25) is 0 Å². The topological polar surface area (TPSA) is 40.6 Å². The molecule has 0 radical (unpaired) electrons. The summed E-state index contributed by atoms with van der Waals surface area (Å²) in [5, 5.41) is 0. The summed E-state index contributed by atoms with van der Waals surface area (Å²) in [5.74, 6) is 0. The molecule has 4 nitrogen and oxygen atoms in total. The van der Waals surface area contributed by atoms with E-state index in [1.165, 1.54) is 9.87 Å². The first-order chi connectivity index (χ1) is 8.97. The Morgan fingerprint density at radius 1 is 1.26 bits per heavy atom. The average Bonchev–Trinajstić information content (AvgIpc) is 2.51. The minimum absolute atomic E-state index is 0.0892. The van der Waals surface area contributed by atoms with Crippen molar-refractivity contribution in [3.05, 3.63) is 35.9 Å². The number of rotatable bonds is 3. The van der Waals surface area contributed by atoms with Gasteiger partial charge in [0.1, 0.15) is 0 Å². The second-order valence-corrected chi connectivity index (χ2v) is 7.44. The zero-order valence-electron chi connectivity index (χ0n) is 11.0. The van der Waals surface area contributed by atoms with Gasteiger partial charge < -0.3 is 0 Å². The molecule has 0 aliphatic carbocycles. The zero-order chi connectivity index (χ0) is 13.9. The normalized spacial score (nSPS) is 23.2. The van der Waals surface area contributed by atoms with Gasteiger partial charge in [-0.1, -0.05) is 30.3 Å². The molecule has 0 saturated carbocycles. The third kappa shape index (κ3) is 4.18. The van der Waals surface area contributed by atoms with Gasteiger partial charge in [-0.25, -0.2) is 0 Å². The predicted molar refractivity (Wildman–Crippen MR) is 77.3 cm³/mol. The highest BCUT2D eigenvalue weighted by Gasteiger charge is 2.29. The highest BCUT2D eigenvalue weighted by atomic mass is 35.7. The summed E-state index contributed by atoms with van der Waals surface area (Å²) in [6.45, 7) is 4.85. The SMILES string of the molecule is CC1CN(Cc2ccccc2)CCCN1S(=O)(=O)Cl. The lowest BCUT2D eigenvalue weighted by Crippen LogP contribution is -2.40. The van der Waals surface area contributed by atoms with E-state index in [2.05, 4.69) is 17.0 Å². The first-order valence-electron chi connectivity index (χ1n) is 6.44. The number of nitrogens with zero attached hydrogens (tertiary/aromatic N) is 2. The maximum Gasteiger partial charge on any atom is 0.300 e. The van der Waals surface area contributed by atoms with Gasteiger partial charge in [-0.15, -0.1) is 0 Å². The largest absolute Gasteiger partial charge is 0.300 e. The van der Waals surface area contributed by atoms with Crippen LogP contribution in [-0.2, 0) is 15.8 Å². The Balaban J connectivity index is 2.03. The van der Waals surface area contributed by atoms with Crippen LogP contribution in [0.1, 0.15) is 18.9 Å². The summed E-state index contributed by atoms with van der Waals surface area (Å²) in [6.07, 6.45) is 0.809. The molecule has 1 aromatic carbocycles. The molecular formula is C13H19ClN2O2S. The molecule has 1 saturated heterocycles. The van der Waals surface area contributed by atoms with Gasteiger partial charge in [0, 0.05) is 36.4 Å². The van der Waals surface area contributed by atoms with E-state index in [0.29, 0.717) is 13.1 Å². The number of halogens is 1. The highest BCUT2D eigenvalue weighted by molar-refractivity contribution is 8.11. The standard InChI is InChI=1S/C13H19ClN2O2S/c1-12-10-15(11-13-6-3-2-4-7-13)8-5-9-16(12)19(14,17)18/h2-4,6-7,12H,5,8-11H2,1H3. The van der Waals surface area contributed by atoms with Crippen LogP contribution in [-0.4, -0.2) is 43.3 Å². The maximum absolute atomic E-state index is 11.5. The minimum atomic E-state index is -3.62. The van der Waals surface area contributed by atoms with Crippen LogP contribution in [0.2, 0.25) is 0 Å². The molecule has 1 aromatic rings. The lowest BCUT2D eigenvalue weighted by Gasteiger charge is -2.26. The summed E-state index contributed by atoms with van der Waals surface area (Å²) >= 11 is 0. The van der Waals surface area contributed by atoms with Crippen LogP contribution in [0.5, 0.6) is 0 Å². The fourth-order valence-electron chi connectivity index (χ4n) is 2.54. The Labute approximate surface area is 119 Å². The van der Waals surface area contributed by atoms with E-state index in [-0.39, 0.29) is 6.04 Å². The molecule has 0 N–H and O–H groups in total. The lowest BCUT2D eigenvalue weighted by molar-refractivity contribution is 0.245. The van der Waals surface area contributed by atoms with E-state index in [9.17, 15) is 8.42 Å². The van der Waals surface area contributed by atoms with E-state index < -0.39 is 9.24 Å². The molecule has 1 aliphatic heterocycles. The van der Waals surface area contributed by atoms with Crippen molar-refractivity contribution in [1.29, 1.82) is 0 Å². The second-order valence-electron chi connectivity index (χ2n) is 4.98. The Morgan fingerprint density at radius 2 is 1.95 bits per heavy atom. The van der Waals surface area contributed by atoms with Crippen LogP contribution in [0.3, 0.4) is 0 Å². The summed E-state index contributed by atoms with van der Waals surface area (Å²) in [7, 11) is 1.85. The van der Waals surface area contributed by atoms with Crippen LogP contribution in [0.25, 0.3) is 0 Å². The molecule has 0 amide bonds. The number of hydrogen-bond acceptors (Lipinski definition) is 3. The molecule has 1 fully saturated rings. The fourth-order valence-corrected chi connectivity index (χ4v) is 3.99. The zero-order valence-corrected chi connectivity index (χ0v) is 12.6.